The molecule has 0 atom stereocenters. The van der Waals surface area contributed by atoms with Gasteiger partial charge in [-0.05, 0) is 24.6 Å². The van der Waals surface area contributed by atoms with E-state index in [9.17, 15) is 0 Å². The van der Waals surface area contributed by atoms with Crippen molar-refractivity contribution in [2.24, 2.45) is 5.73 Å². The molecule has 0 saturated carbocycles. The highest BCUT2D eigenvalue weighted by Gasteiger charge is 1.85. The molecule has 0 saturated heterocycles. The number of nitrogens with two attached hydrogens (primary N) is 1. The second kappa shape index (κ2) is 2.38. The summed E-state index contributed by atoms with van der Waals surface area (Å²) in [6.07, 6.45) is 7.49. The molecule has 46 valence electrons. The topological polar surface area (TPSA) is 26.0 Å². The van der Waals surface area contributed by atoms with Gasteiger partial charge in [-0.25, -0.2) is 0 Å². The molecule has 0 heterocycles. The summed E-state index contributed by atoms with van der Waals surface area (Å²) in [6.45, 7) is 2.00. The van der Waals surface area contributed by atoms with Gasteiger partial charge in [0.2, 0.25) is 0 Å². The van der Waals surface area contributed by atoms with E-state index in [-0.39, 0.29) is 0 Å². The summed E-state index contributed by atoms with van der Waals surface area (Å²) in [5.74, 6) is 0. The van der Waals surface area contributed by atoms with Crippen LogP contribution in [0.2, 0.25) is 0 Å². The van der Waals surface area contributed by atoms with Gasteiger partial charge in [0.05, 0.1) is 0 Å². The van der Waals surface area contributed by atoms with E-state index < -0.39 is 0 Å². The Hall–Kier alpha value is -1.20. The molecule has 0 bridgehead atoms. The minimum atomic E-state index is 0.762. The predicted octanol–water partition coefficient (Wildman–Crippen LogP) is 1.50. The molecule has 0 aliphatic heterocycles. The molecule has 0 unspecified atom stereocenters. The SMILES string of the molecule is CC1=CC=C=CC(N)=C1. The van der Waals surface area contributed by atoms with Crippen molar-refractivity contribution in [3.05, 3.63) is 41.3 Å². The van der Waals surface area contributed by atoms with Crippen molar-refractivity contribution in [2.75, 3.05) is 0 Å². The van der Waals surface area contributed by atoms with Gasteiger partial charge in [-0.2, -0.15) is 0 Å². The molecule has 0 amide bonds. The summed E-state index contributed by atoms with van der Waals surface area (Å²) in [6, 6.07) is 0. The van der Waals surface area contributed by atoms with E-state index >= 15 is 0 Å². The molecule has 0 aromatic heterocycles. The Labute approximate surface area is 54.9 Å². The lowest BCUT2D eigenvalue weighted by Gasteiger charge is -1.88. The Morgan fingerprint density at radius 1 is 1.56 bits per heavy atom. The van der Waals surface area contributed by atoms with Crippen molar-refractivity contribution in [3.63, 3.8) is 0 Å². The van der Waals surface area contributed by atoms with E-state index in [0.29, 0.717) is 0 Å². The van der Waals surface area contributed by atoms with Crippen LogP contribution in [0.5, 0.6) is 0 Å². The normalized spacial score (nSPS) is 16.6. The van der Waals surface area contributed by atoms with Gasteiger partial charge in [-0.1, -0.05) is 6.08 Å². The second-order valence-electron chi connectivity index (χ2n) is 2.03. The van der Waals surface area contributed by atoms with Gasteiger partial charge in [-0.15, -0.1) is 5.73 Å². The fourth-order valence-electron chi connectivity index (χ4n) is 0.677. The van der Waals surface area contributed by atoms with Crippen molar-refractivity contribution in [3.8, 4) is 0 Å². The Bertz CT molecular complexity index is 225. The Morgan fingerprint density at radius 2 is 2.33 bits per heavy atom. The molecule has 0 spiro atoms. The lowest BCUT2D eigenvalue weighted by atomic mass is 10.2. The molecular formula is C8H9N. The number of rotatable bonds is 0. The van der Waals surface area contributed by atoms with E-state index in [2.05, 4.69) is 5.73 Å². The molecular weight excluding hydrogens is 110 g/mol. The molecule has 2 N–H and O–H groups in total. The third-order valence-electron chi connectivity index (χ3n) is 1.09. The van der Waals surface area contributed by atoms with Crippen molar-refractivity contribution in [1.29, 1.82) is 0 Å². The molecule has 0 radical (unpaired) electrons. The lowest BCUT2D eigenvalue weighted by molar-refractivity contribution is 1.39. The minimum absolute atomic E-state index is 0.762. The molecule has 1 aliphatic rings. The first kappa shape index (κ1) is 5.93. The van der Waals surface area contributed by atoms with E-state index in [1.165, 1.54) is 0 Å². The highest BCUT2D eigenvalue weighted by atomic mass is 14.5. The number of hydrogen-bond acceptors (Lipinski definition) is 1. The maximum Gasteiger partial charge on any atom is 0.0394 e. The Balaban J connectivity index is 3.00. The molecule has 1 aliphatic carbocycles. The van der Waals surface area contributed by atoms with Gasteiger partial charge in [0.1, 0.15) is 0 Å². The van der Waals surface area contributed by atoms with Crippen molar-refractivity contribution in [1.82, 2.24) is 0 Å². The first-order chi connectivity index (χ1) is 4.29. The highest BCUT2D eigenvalue weighted by molar-refractivity contribution is 5.32. The molecule has 0 aromatic carbocycles. The first-order valence-electron chi connectivity index (χ1n) is 2.85. The fraction of sp³-hybridized carbons (Fsp3) is 0.125. The van der Waals surface area contributed by atoms with E-state index in [1.807, 2.05) is 25.2 Å². The summed E-state index contributed by atoms with van der Waals surface area (Å²) in [4.78, 5) is 0. The summed E-state index contributed by atoms with van der Waals surface area (Å²) in [5.41, 5.74) is 10.3. The van der Waals surface area contributed by atoms with Crippen LogP contribution in [0.15, 0.2) is 41.3 Å². The zero-order valence-electron chi connectivity index (χ0n) is 5.39. The van der Waals surface area contributed by atoms with Gasteiger partial charge in [0.25, 0.3) is 0 Å². The fourth-order valence-corrected chi connectivity index (χ4v) is 0.677. The molecule has 9 heavy (non-hydrogen) atoms. The van der Waals surface area contributed by atoms with Crippen LogP contribution in [0.1, 0.15) is 6.92 Å². The summed E-state index contributed by atoms with van der Waals surface area (Å²) in [7, 11) is 0. The van der Waals surface area contributed by atoms with Crippen LogP contribution >= 0.6 is 0 Å². The maximum absolute atomic E-state index is 5.51. The van der Waals surface area contributed by atoms with Crippen LogP contribution in [-0.4, -0.2) is 0 Å². The molecule has 0 aromatic rings. The smallest absolute Gasteiger partial charge is 0.0394 e. The first-order valence-corrected chi connectivity index (χ1v) is 2.85. The Morgan fingerprint density at radius 3 is 3.11 bits per heavy atom. The van der Waals surface area contributed by atoms with Crippen molar-refractivity contribution >= 4 is 0 Å². The minimum Gasteiger partial charge on any atom is -0.398 e. The molecule has 0 fully saturated rings. The molecule has 1 nitrogen and oxygen atoms in total. The average molecular weight is 119 g/mol. The standard InChI is InChI=1S/C8H9N/c1-7-4-2-3-5-8(9)6-7/h2,4-6H,9H2,1H3. The highest BCUT2D eigenvalue weighted by Crippen LogP contribution is 2.01. The summed E-state index contributed by atoms with van der Waals surface area (Å²) < 4.78 is 0. The van der Waals surface area contributed by atoms with Gasteiger partial charge in [0, 0.05) is 11.8 Å². The van der Waals surface area contributed by atoms with Gasteiger partial charge in [-0.3, -0.25) is 0 Å². The zero-order chi connectivity index (χ0) is 6.69. The van der Waals surface area contributed by atoms with E-state index in [4.69, 9.17) is 5.73 Å². The van der Waals surface area contributed by atoms with Crippen molar-refractivity contribution < 1.29 is 0 Å². The van der Waals surface area contributed by atoms with Crippen LogP contribution in [-0.2, 0) is 0 Å². The number of allylic oxidation sites excluding steroid dienone is 4. The molecule has 1 heteroatoms. The summed E-state index contributed by atoms with van der Waals surface area (Å²) >= 11 is 0. The zero-order valence-corrected chi connectivity index (χ0v) is 5.39. The third kappa shape index (κ3) is 1.63. The van der Waals surface area contributed by atoms with Crippen LogP contribution in [0, 0.1) is 0 Å². The maximum atomic E-state index is 5.51. The molecule has 1 rings (SSSR count). The van der Waals surface area contributed by atoms with Crippen molar-refractivity contribution in [2.45, 2.75) is 6.92 Å². The second-order valence-corrected chi connectivity index (χ2v) is 2.03. The van der Waals surface area contributed by atoms with Gasteiger partial charge in [0.15, 0.2) is 0 Å². The van der Waals surface area contributed by atoms with Crippen LogP contribution in [0.3, 0.4) is 0 Å². The average Bonchev–Trinajstić information content (AvgIpc) is 1.93. The van der Waals surface area contributed by atoms with Crippen LogP contribution in [0.4, 0.5) is 0 Å². The van der Waals surface area contributed by atoms with E-state index in [1.54, 1.807) is 6.08 Å². The van der Waals surface area contributed by atoms with Gasteiger partial charge >= 0.3 is 0 Å². The largest absolute Gasteiger partial charge is 0.398 e. The third-order valence-corrected chi connectivity index (χ3v) is 1.09. The van der Waals surface area contributed by atoms with Crippen LogP contribution in [0.25, 0.3) is 0 Å². The van der Waals surface area contributed by atoms with E-state index in [0.717, 1.165) is 11.3 Å². The monoisotopic (exact) mass is 119 g/mol. The quantitative estimate of drug-likeness (QED) is 0.480. The lowest BCUT2D eigenvalue weighted by Crippen LogP contribution is -1.90. The van der Waals surface area contributed by atoms with Gasteiger partial charge < -0.3 is 5.73 Å². The summed E-state index contributed by atoms with van der Waals surface area (Å²) in [5, 5.41) is 0. The predicted molar refractivity (Wildman–Crippen MR) is 38.7 cm³/mol. The Kier molecular flexibility index (Phi) is 1.57. The number of hydrogen-bond donors (Lipinski definition) is 1. The van der Waals surface area contributed by atoms with Crippen LogP contribution < -0.4 is 5.73 Å².